The van der Waals surface area contributed by atoms with E-state index in [0.717, 1.165) is 12.1 Å². The predicted molar refractivity (Wildman–Crippen MR) is 97.7 cm³/mol. The minimum atomic E-state index is -1.49. The number of rotatable bonds is 13. The van der Waals surface area contributed by atoms with Gasteiger partial charge in [-0.05, 0) is 18.5 Å². The van der Waals surface area contributed by atoms with Gasteiger partial charge < -0.3 is 4.43 Å². The third-order valence-electron chi connectivity index (χ3n) is 4.91. The highest BCUT2D eigenvalue weighted by Gasteiger charge is 2.35. The van der Waals surface area contributed by atoms with Gasteiger partial charge in [-0.15, -0.1) is 11.6 Å². The maximum absolute atomic E-state index is 6.30. The topological polar surface area (TPSA) is 9.23 Å². The smallest absolute Gasteiger partial charge is 0.207 e. The Bertz CT molecular complexity index is 229. The monoisotopic (exact) mass is 332 g/mol. The average molecular weight is 333 g/mol. The Labute approximate surface area is 139 Å². The molecule has 1 saturated heterocycles. The van der Waals surface area contributed by atoms with Gasteiger partial charge in [0.05, 0.1) is 0 Å². The van der Waals surface area contributed by atoms with E-state index in [9.17, 15) is 0 Å². The summed E-state index contributed by atoms with van der Waals surface area (Å²) in [5.74, 6) is 0. The summed E-state index contributed by atoms with van der Waals surface area (Å²) in [6.07, 6.45) is 18.1. The fraction of sp³-hybridized carbons (Fsp3) is 1.00. The van der Waals surface area contributed by atoms with Crippen LogP contribution in [0.4, 0.5) is 0 Å². The molecule has 0 spiro atoms. The molecule has 0 amide bonds. The summed E-state index contributed by atoms with van der Waals surface area (Å²) in [6, 6.07) is 2.63. The molecule has 1 heterocycles. The maximum Gasteiger partial charge on any atom is 0.207 e. The third kappa shape index (κ3) is 9.25. The molecule has 0 bridgehead atoms. The molecule has 0 unspecified atom stereocenters. The van der Waals surface area contributed by atoms with Crippen LogP contribution in [0.2, 0.25) is 12.1 Å². The first-order valence-corrected chi connectivity index (χ1v) is 12.6. The Morgan fingerprint density at radius 2 is 1.29 bits per heavy atom. The van der Waals surface area contributed by atoms with E-state index in [1.807, 2.05) is 0 Å². The molecule has 1 fully saturated rings. The van der Waals surface area contributed by atoms with Crippen molar-refractivity contribution in [3.8, 4) is 0 Å². The van der Waals surface area contributed by atoms with Crippen molar-refractivity contribution < 1.29 is 4.43 Å². The molecule has 3 heteroatoms. The first-order chi connectivity index (χ1) is 10.3. The fourth-order valence-corrected chi connectivity index (χ4v) is 7.67. The third-order valence-corrected chi connectivity index (χ3v) is 10.2. The largest absolute Gasteiger partial charge is 0.416 e. The van der Waals surface area contributed by atoms with Crippen LogP contribution in [0.1, 0.15) is 90.4 Å². The van der Waals surface area contributed by atoms with Gasteiger partial charge in [-0.25, -0.2) is 0 Å². The minimum absolute atomic E-state index is 0.824. The zero-order valence-corrected chi connectivity index (χ0v) is 16.1. The van der Waals surface area contributed by atoms with Crippen LogP contribution in [0.3, 0.4) is 0 Å². The predicted octanol–water partition coefficient (Wildman–Crippen LogP) is 6.83. The van der Waals surface area contributed by atoms with Crippen LogP contribution >= 0.6 is 11.6 Å². The van der Waals surface area contributed by atoms with Gasteiger partial charge in [0.25, 0.3) is 0 Å². The van der Waals surface area contributed by atoms with Crippen molar-refractivity contribution in [2.75, 3.05) is 12.1 Å². The van der Waals surface area contributed by atoms with Crippen LogP contribution in [0, 0.1) is 0 Å². The van der Waals surface area contributed by atoms with E-state index in [4.69, 9.17) is 16.0 Å². The van der Waals surface area contributed by atoms with E-state index in [1.165, 1.54) is 95.6 Å². The Kier molecular flexibility index (Phi) is 12.0. The molecule has 1 aliphatic heterocycles. The fourth-order valence-electron chi connectivity index (χ4n) is 3.39. The summed E-state index contributed by atoms with van der Waals surface area (Å²) in [7, 11) is -1.49. The van der Waals surface area contributed by atoms with Gasteiger partial charge in [-0.3, -0.25) is 0 Å². The highest BCUT2D eigenvalue weighted by atomic mass is 35.5. The lowest BCUT2D eigenvalue weighted by molar-refractivity contribution is 0.282. The highest BCUT2D eigenvalue weighted by molar-refractivity contribution is 6.80. The van der Waals surface area contributed by atoms with E-state index >= 15 is 0 Å². The molecular formula is C18H37ClOSi. The summed E-state index contributed by atoms with van der Waals surface area (Å²) in [6.45, 7) is 3.27. The quantitative estimate of drug-likeness (QED) is 0.204. The molecule has 0 aromatic heterocycles. The van der Waals surface area contributed by atoms with Gasteiger partial charge >= 0.3 is 0 Å². The number of halogens is 1. The Morgan fingerprint density at radius 1 is 0.762 bits per heavy atom. The Balaban J connectivity index is 1.87. The molecule has 0 atom stereocenters. The van der Waals surface area contributed by atoms with Crippen LogP contribution < -0.4 is 0 Å². The SMILES string of the molecule is CCCCCCCCCCCCO[Si]1(CCl)CCCCC1. The van der Waals surface area contributed by atoms with Gasteiger partial charge in [0.15, 0.2) is 0 Å². The minimum Gasteiger partial charge on any atom is -0.416 e. The van der Waals surface area contributed by atoms with Crippen molar-refractivity contribution in [3.05, 3.63) is 0 Å². The second-order valence-electron chi connectivity index (χ2n) is 6.91. The highest BCUT2D eigenvalue weighted by Crippen LogP contribution is 2.30. The number of hydrogen-bond acceptors (Lipinski definition) is 1. The van der Waals surface area contributed by atoms with Crippen molar-refractivity contribution in [2.45, 2.75) is 102 Å². The average Bonchev–Trinajstić information content (AvgIpc) is 2.53. The molecule has 126 valence electrons. The van der Waals surface area contributed by atoms with Crippen molar-refractivity contribution >= 4 is 19.9 Å². The number of unbranched alkanes of at least 4 members (excludes halogenated alkanes) is 9. The molecule has 1 rings (SSSR count). The second kappa shape index (κ2) is 13.0. The summed E-state index contributed by atoms with van der Waals surface area (Å²) >= 11 is 6.21. The molecule has 21 heavy (non-hydrogen) atoms. The first kappa shape index (κ1) is 19.5. The molecule has 0 saturated carbocycles. The first-order valence-electron chi connectivity index (χ1n) is 9.53. The summed E-state index contributed by atoms with van der Waals surface area (Å²) in [4.78, 5) is 0. The van der Waals surface area contributed by atoms with Crippen molar-refractivity contribution in [2.24, 2.45) is 0 Å². The zero-order valence-electron chi connectivity index (χ0n) is 14.3. The van der Waals surface area contributed by atoms with Crippen LogP contribution in [0.25, 0.3) is 0 Å². The van der Waals surface area contributed by atoms with Crippen LogP contribution in [0.15, 0.2) is 0 Å². The summed E-state index contributed by atoms with van der Waals surface area (Å²) in [5.41, 5.74) is 0.824. The molecule has 0 aliphatic carbocycles. The molecule has 0 N–H and O–H groups in total. The molecule has 0 aromatic rings. The molecule has 0 radical (unpaired) electrons. The van der Waals surface area contributed by atoms with E-state index < -0.39 is 8.32 Å². The van der Waals surface area contributed by atoms with E-state index in [1.54, 1.807) is 0 Å². The molecule has 1 nitrogen and oxygen atoms in total. The van der Waals surface area contributed by atoms with Crippen LogP contribution in [0.5, 0.6) is 0 Å². The number of hydrogen-bond donors (Lipinski definition) is 0. The lowest BCUT2D eigenvalue weighted by Gasteiger charge is -2.33. The summed E-state index contributed by atoms with van der Waals surface area (Å²) in [5, 5.41) is 0. The van der Waals surface area contributed by atoms with Gasteiger partial charge in [0.1, 0.15) is 0 Å². The van der Waals surface area contributed by atoms with Crippen molar-refractivity contribution in [1.82, 2.24) is 0 Å². The molecule has 0 aromatic carbocycles. The van der Waals surface area contributed by atoms with E-state index in [-0.39, 0.29) is 0 Å². The van der Waals surface area contributed by atoms with Crippen molar-refractivity contribution in [3.63, 3.8) is 0 Å². The zero-order chi connectivity index (χ0) is 15.2. The summed E-state index contributed by atoms with van der Waals surface area (Å²) < 4.78 is 6.30. The Hall–Kier alpha value is 0.467. The van der Waals surface area contributed by atoms with Gasteiger partial charge in [0.2, 0.25) is 8.32 Å². The van der Waals surface area contributed by atoms with Gasteiger partial charge in [0, 0.05) is 12.1 Å². The van der Waals surface area contributed by atoms with Crippen molar-refractivity contribution in [1.29, 1.82) is 0 Å². The van der Waals surface area contributed by atoms with E-state index in [2.05, 4.69) is 6.92 Å². The van der Waals surface area contributed by atoms with Gasteiger partial charge in [-0.1, -0.05) is 84.0 Å². The Morgan fingerprint density at radius 3 is 1.81 bits per heavy atom. The second-order valence-corrected chi connectivity index (χ2v) is 11.6. The standard InChI is InChI=1S/C18H37ClOSi/c1-2-3-4-5-6-7-8-9-10-12-15-20-21(18-19)16-13-11-14-17-21/h2-18H2,1H3. The lowest BCUT2D eigenvalue weighted by atomic mass is 10.1. The maximum atomic E-state index is 6.30. The van der Waals surface area contributed by atoms with Gasteiger partial charge in [-0.2, -0.15) is 0 Å². The number of alkyl halides is 1. The molecule has 1 aliphatic rings. The van der Waals surface area contributed by atoms with E-state index in [0.29, 0.717) is 0 Å². The lowest BCUT2D eigenvalue weighted by Crippen LogP contribution is -2.43. The molecular weight excluding hydrogens is 296 g/mol. The normalized spacial score (nSPS) is 18.0. The van der Waals surface area contributed by atoms with Crippen LogP contribution in [-0.4, -0.2) is 20.4 Å². The van der Waals surface area contributed by atoms with Crippen LogP contribution in [-0.2, 0) is 4.43 Å².